The molecular weight excluding hydrogens is 924 g/mol. The first-order chi connectivity index (χ1) is 35.5. The van der Waals surface area contributed by atoms with Crippen molar-refractivity contribution in [2.45, 2.75) is 225 Å². The maximum Gasteiger partial charge on any atom is 0.268 e. The summed E-state index contributed by atoms with van der Waals surface area (Å²) in [6, 6.07) is -0.932. The number of aliphatic hydroxyl groups is 1. The Labute approximate surface area is 449 Å². The molecule has 0 spiro atoms. The molecule has 0 rings (SSSR count). The molecule has 9 heteroatoms. The van der Waals surface area contributed by atoms with Crippen LogP contribution in [0.2, 0.25) is 0 Å². The number of nitrogens with zero attached hydrogens (tertiary/aromatic N) is 1. The van der Waals surface area contributed by atoms with Gasteiger partial charge in [0.05, 0.1) is 39.9 Å². The fraction of sp³-hybridized carbons (Fsp3) is 0.641. The minimum atomic E-state index is -4.63. The highest BCUT2D eigenvalue weighted by molar-refractivity contribution is 7.45. The summed E-state index contributed by atoms with van der Waals surface area (Å²) in [6.45, 7) is 4.48. The summed E-state index contributed by atoms with van der Waals surface area (Å²) in [5, 5.41) is 13.8. The fourth-order valence-corrected chi connectivity index (χ4v) is 8.29. The number of phosphoric ester groups is 1. The number of aliphatic hydroxyl groups excluding tert-OH is 1. The second-order valence-corrected chi connectivity index (χ2v) is 21.7. The zero-order valence-electron chi connectivity index (χ0n) is 47.3. The van der Waals surface area contributed by atoms with Gasteiger partial charge in [-0.2, -0.15) is 0 Å². The molecule has 8 nitrogen and oxygen atoms in total. The Morgan fingerprint density at radius 2 is 0.849 bits per heavy atom. The van der Waals surface area contributed by atoms with Gasteiger partial charge in [0.1, 0.15) is 13.2 Å². The first kappa shape index (κ1) is 69.6. The van der Waals surface area contributed by atoms with Crippen LogP contribution < -0.4 is 10.2 Å². The number of nitrogens with one attached hydrogen (secondary N) is 1. The monoisotopic (exact) mass is 1030 g/mol. The van der Waals surface area contributed by atoms with Gasteiger partial charge in [0, 0.05) is 6.42 Å². The highest BCUT2D eigenvalue weighted by atomic mass is 31.2. The van der Waals surface area contributed by atoms with Crippen LogP contribution in [-0.4, -0.2) is 68.5 Å². The van der Waals surface area contributed by atoms with Gasteiger partial charge in [-0.05, 0) is 103 Å². The summed E-state index contributed by atoms with van der Waals surface area (Å²) >= 11 is 0. The summed E-state index contributed by atoms with van der Waals surface area (Å²) in [7, 11) is 1.20. The van der Waals surface area contributed by atoms with Gasteiger partial charge in [-0.15, -0.1) is 0 Å². The van der Waals surface area contributed by atoms with Gasteiger partial charge >= 0.3 is 0 Å². The molecule has 3 atom stereocenters. The minimum absolute atomic E-state index is 0.0208. The Kier molecular flexibility index (Phi) is 51.0. The van der Waals surface area contributed by atoms with E-state index in [1.165, 1.54) is 89.9 Å². The standard InChI is InChI=1S/C64H109N2O6P/c1-6-8-10-12-14-16-18-20-22-24-26-28-29-30-31-32-33-34-35-36-37-38-40-42-44-46-48-50-52-54-56-58-64(68)65-62(61-72-73(69,70)71-60-59-66(3,4)5)63(67)57-55-53-51-49-47-45-43-41-39-27-25-23-21-19-17-15-13-11-9-7-2/h8,10,14,16,20,22,26,28,30-31,33-34,36-37,40,42,46-49,55,57,62-63,67H,6-7,9,11-13,15,17-19,21,23-25,27,29,32,35,38-39,41,43-45,50-54,56,58-61H2,1-5H3,(H-,65,68,69,70)/b10-8-,16-14-,22-20-,28-26-,31-30-,34-33-,37-36-,42-40-,48-46-,49-47+,57-55+. The van der Waals surface area contributed by atoms with Crippen LogP contribution in [0.4, 0.5) is 0 Å². The quantitative estimate of drug-likeness (QED) is 0.0272. The number of phosphoric acid groups is 1. The summed E-state index contributed by atoms with van der Waals surface area (Å²) in [6.07, 6.45) is 81.0. The van der Waals surface area contributed by atoms with Crippen molar-refractivity contribution in [3.8, 4) is 0 Å². The van der Waals surface area contributed by atoms with Gasteiger partial charge in [0.2, 0.25) is 5.91 Å². The molecule has 2 N–H and O–H groups in total. The molecule has 0 heterocycles. The molecule has 0 saturated carbocycles. The van der Waals surface area contributed by atoms with Crippen molar-refractivity contribution in [3.63, 3.8) is 0 Å². The first-order valence-corrected chi connectivity index (χ1v) is 30.5. The molecule has 0 aromatic rings. The van der Waals surface area contributed by atoms with Crippen LogP contribution in [0.1, 0.15) is 213 Å². The van der Waals surface area contributed by atoms with E-state index in [4.69, 9.17) is 9.05 Å². The van der Waals surface area contributed by atoms with Crippen LogP contribution in [0.25, 0.3) is 0 Å². The third-order valence-electron chi connectivity index (χ3n) is 12.1. The Morgan fingerprint density at radius 3 is 1.27 bits per heavy atom. The number of rotatable bonds is 51. The van der Waals surface area contributed by atoms with Crippen molar-refractivity contribution >= 4 is 13.7 Å². The normalized spacial score (nSPS) is 14.9. The third kappa shape index (κ3) is 56.2. The lowest BCUT2D eigenvalue weighted by Gasteiger charge is -2.29. The van der Waals surface area contributed by atoms with Gasteiger partial charge in [-0.1, -0.05) is 237 Å². The van der Waals surface area contributed by atoms with E-state index < -0.39 is 26.6 Å². The van der Waals surface area contributed by atoms with E-state index in [0.29, 0.717) is 17.4 Å². The molecule has 1 amide bonds. The number of carbonyl (C=O) groups is 1. The van der Waals surface area contributed by atoms with Gasteiger partial charge in [-0.25, -0.2) is 0 Å². The smallest absolute Gasteiger partial charge is 0.268 e. The molecule has 416 valence electrons. The van der Waals surface area contributed by atoms with Gasteiger partial charge < -0.3 is 28.8 Å². The van der Waals surface area contributed by atoms with Crippen molar-refractivity contribution in [3.05, 3.63) is 134 Å². The fourth-order valence-electron chi connectivity index (χ4n) is 7.57. The molecule has 0 saturated heterocycles. The average molecular weight is 1030 g/mol. The second kappa shape index (κ2) is 53.5. The number of unbranched alkanes of at least 4 members (excludes halogenated alkanes) is 18. The molecule has 0 aromatic heterocycles. The lowest BCUT2D eigenvalue weighted by molar-refractivity contribution is -0.870. The first-order valence-electron chi connectivity index (χ1n) is 29.0. The van der Waals surface area contributed by atoms with Gasteiger partial charge in [-0.3, -0.25) is 9.36 Å². The molecule has 0 aliphatic heterocycles. The average Bonchev–Trinajstić information content (AvgIpc) is 3.35. The van der Waals surface area contributed by atoms with Crippen LogP contribution in [0.5, 0.6) is 0 Å². The number of likely N-dealkylation sites (N-methyl/N-ethyl adjacent to an activating group) is 1. The molecule has 0 aromatic carbocycles. The van der Waals surface area contributed by atoms with E-state index >= 15 is 0 Å². The molecule has 0 radical (unpaired) electrons. The highest BCUT2D eigenvalue weighted by Crippen LogP contribution is 2.38. The largest absolute Gasteiger partial charge is 0.756 e. The predicted octanol–water partition coefficient (Wildman–Crippen LogP) is 17.3. The Hall–Kier alpha value is -3.36. The molecular formula is C64H109N2O6P. The summed E-state index contributed by atoms with van der Waals surface area (Å²) in [5.74, 6) is -0.244. The number of carbonyl (C=O) groups excluding carboxylic acids is 1. The summed E-state index contributed by atoms with van der Waals surface area (Å²) in [5.41, 5.74) is 0. The van der Waals surface area contributed by atoms with E-state index in [2.05, 4.69) is 141 Å². The molecule has 0 aliphatic rings. The van der Waals surface area contributed by atoms with E-state index in [0.717, 1.165) is 96.3 Å². The van der Waals surface area contributed by atoms with Crippen molar-refractivity contribution in [1.29, 1.82) is 0 Å². The molecule has 73 heavy (non-hydrogen) atoms. The minimum Gasteiger partial charge on any atom is -0.756 e. The number of hydrogen-bond acceptors (Lipinski definition) is 6. The van der Waals surface area contributed by atoms with Crippen molar-refractivity contribution in [1.82, 2.24) is 5.32 Å². The summed E-state index contributed by atoms with van der Waals surface area (Å²) < 4.78 is 23.3. The van der Waals surface area contributed by atoms with E-state index in [1.54, 1.807) is 6.08 Å². The van der Waals surface area contributed by atoms with E-state index in [-0.39, 0.29) is 18.9 Å². The molecule has 0 fully saturated rings. The predicted molar refractivity (Wildman–Crippen MR) is 315 cm³/mol. The molecule has 0 aliphatic carbocycles. The zero-order chi connectivity index (χ0) is 53.5. The van der Waals surface area contributed by atoms with Crippen LogP contribution in [0, 0.1) is 0 Å². The Balaban J connectivity index is 4.38. The van der Waals surface area contributed by atoms with Crippen molar-refractivity contribution < 1.29 is 32.9 Å². The van der Waals surface area contributed by atoms with Crippen LogP contribution in [0.15, 0.2) is 134 Å². The lowest BCUT2D eigenvalue weighted by atomic mass is 10.0. The highest BCUT2D eigenvalue weighted by Gasteiger charge is 2.23. The van der Waals surface area contributed by atoms with Crippen molar-refractivity contribution in [2.24, 2.45) is 0 Å². The van der Waals surface area contributed by atoms with Crippen LogP contribution in [-0.2, 0) is 18.4 Å². The lowest BCUT2D eigenvalue weighted by Crippen LogP contribution is -2.45. The summed E-state index contributed by atoms with van der Waals surface area (Å²) in [4.78, 5) is 25.5. The van der Waals surface area contributed by atoms with Crippen molar-refractivity contribution in [2.75, 3.05) is 40.9 Å². The Morgan fingerprint density at radius 1 is 0.493 bits per heavy atom. The van der Waals surface area contributed by atoms with E-state index in [1.807, 2.05) is 27.2 Å². The topological polar surface area (TPSA) is 108 Å². The zero-order valence-corrected chi connectivity index (χ0v) is 48.2. The number of amides is 1. The SMILES string of the molecule is CC/C=C\C/C=C\C/C=C\C/C=C\C/C=C\C/C=C\C/C=C\C/C=C\C/C=C\CCCCCC(=O)NC(COP(=O)([O-])OCC[N+](C)(C)C)C(O)/C=C/CC/C=C/CCCCCCCCCCCCCCCC. The van der Waals surface area contributed by atoms with Gasteiger partial charge in [0.25, 0.3) is 7.82 Å². The second-order valence-electron chi connectivity index (χ2n) is 20.3. The van der Waals surface area contributed by atoms with E-state index in [9.17, 15) is 19.4 Å². The molecule has 0 bridgehead atoms. The van der Waals surface area contributed by atoms with Gasteiger partial charge in [0.15, 0.2) is 0 Å². The maximum atomic E-state index is 13.0. The molecule has 3 unspecified atom stereocenters. The Bertz CT molecular complexity index is 1640. The maximum absolute atomic E-state index is 13.0. The van der Waals surface area contributed by atoms with Crippen LogP contribution in [0.3, 0.4) is 0 Å². The number of quaternary nitrogens is 1. The number of allylic oxidation sites excluding steroid dienone is 21. The number of hydrogen-bond donors (Lipinski definition) is 2. The third-order valence-corrected chi connectivity index (χ3v) is 13.1. The van der Waals surface area contributed by atoms with Crippen LogP contribution >= 0.6 is 7.82 Å².